The smallest absolute Gasteiger partial charge is 0.320 e. The summed E-state index contributed by atoms with van der Waals surface area (Å²) in [6, 6.07) is -0.269. The molecule has 1 aliphatic heterocycles. The second-order valence-electron chi connectivity index (χ2n) is 7.68. The van der Waals surface area contributed by atoms with Gasteiger partial charge in [-0.25, -0.2) is 0 Å². The van der Waals surface area contributed by atoms with Crippen molar-refractivity contribution in [1.82, 2.24) is 5.32 Å². The number of nitrogens with one attached hydrogen (secondary N) is 1. The van der Waals surface area contributed by atoms with E-state index in [2.05, 4.69) is 12.2 Å². The van der Waals surface area contributed by atoms with Crippen molar-refractivity contribution < 1.29 is 14.7 Å². The SMILES string of the molecule is CCCCCCCCCCCCCCC[C](=O)[Na].O=C(O)[C@@H]1CCCN1. The van der Waals surface area contributed by atoms with E-state index in [4.69, 9.17) is 5.11 Å². The first kappa shape index (κ1) is 26.1. The third-order valence-corrected chi connectivity index (χ3v) is 5.49. The number of carbonyl (C=O) groups excluding carboxylic acids is 1. The summed E-state index contributed by atoms with van der Waals surface area (Å²) in [4.78, 5) is 20.9. The molecule has 0 aromatic rings. The molecule has 0 radical (unpaired) electrons. The van der Waals surface area contributed by atoms with Crippen LogP contribution in [-0.2, 0) is 9.59 Å². The predicted molar refractivity (Wildman–Crippen MR) is 110 cm³/mol. The molecule has 1 aliphatic rings. The van der Waals surface area contributed by atoms with Gasteiger partial charge in [-0.3, -0.25) is 4.79 Å². The number of hydrogen-bond acceptors (Lipinski definition) is 3. The van der Waals surface area contributed by atoms with E-state index >= 15 is 0 Å². The molecule has 0 amide bonds. The zero-order chi connectivity index (χ0) is 19.5. The first-order valence-corrected chi connectivity index (χ1v) is 12.0. The maximum atomic E-state index is 10.8. The van der Waals surface area contributed by atoms with Crippen molar-refractivity contribution >= 4 is 36.9 Å². The first-order chi connectivity index (χ1) is 12.6. The summed E-state index contributed by atoms with van der Waals surface area (Å²) >= 11 is 0.751. The van der Waals surface area contributed by atoms with Crippen LogP contribution in [0.4, 0.5) is 0 Å². The molecule has 1 heterocycles. The first-order valence-electron chi connectivity index (χ1n) is 11.0. The summed E-state index contributed by atoms with van der Waals surface area (Å²) < 4.78 is 0.484. The van der Waals surface area contributed by atoms with Crippen LogP contribution < -0.4 is 5.32 Å². The Balaban J connectivity index is 0.000000642. The normalized spacial score (nSPS) is 16.2. The number of carbonyl (C=O) groups is 2. The van der Waals surface area contributed by atoms with Crippen LogP contribution in [0, 0.1) is 0 Å². The fourth-order valence-corrected chi connectivity index (χ4v) is 3.64. The summed E-state index contributed by atoms with van der Waals surface area (Å²) in [5, 5.41) is 11.2. The Hall–Kier alpha value is 0.1000. The molecule has 0 unspecified atom stereocenters. The van der Waals surface area contributed by atoms with Crippen LogP contribution in [0.5, 0.6) is 0 Å². The minimum absolute atomic E-state index is 0.269. The fraction of sp³-hybridized carbons (Fsp3) is 0.905. The van der Waals surface area contributed by atoms with Crippen molar-refractivity contribution in [1.29, 1.82) is 0 Å². The summed E-state index contributed by atoms with van der Waals surface area (Å²) in [5.74, 6) is -0.720. The number of aliphatic carboxylic acids is 1. The molecule has 0 aliphatic carbocycles. The fourth-order valence-electron chi connectivity index (χ4n) is 3.29. The van der Waals surface area contributed by atoms with E-state index in [9.17, 15) is 9.59 Å². The van der Waals surface area contributed by atoms with E-state index in [1.807, 2.05) is 0 Å². The van der Waals surface area contributed by atoms with Gasteiger partial charge in [-0.2, -0.15) is 0 Å². The van der Waals surface area contributed by atoms with Gasteiger partial charge in [0, 0.05) is 0 Å². The number of hydrogen-bond donors (Lipinski definition) is 2. The third-order valence-electron chi connectivity index (χ3n) is 4.99. The molecule has 0 bridgehead atoms. The Morgan fingerprint density at radius 3 is 1.65 bits per heavy atom. The molecule has 0 aromatic heterocycles. The molecule has 1 rings (SSSR count). The van der Waals surface area contributed by atoms with E-state index in [0.29, 0.717) is 3.03 Å². The third kappa shape index (κ3) is 18.9. The van der Waals surface area contributed by atoms with E-state index in [-0.39, 0.29) is 6.04 Å². The van der Waals surface area contributed by atoms with Gasteiger partial charge >= 0.3 is 112 Å². The summed E-state index contributed by atoms with van der Waals surface area (Å²) in [5.41, 5.74) is 0. The average Bonchev–Trinajstić information content (AvgIpc) is 3.14. The topological polar surface area (TPSA) is 66.4 Å². The summed E-state index contributed by atoms with van der Waals surface area (Å²) in [6.07, 6.45) is 20.6. The second-order valence-corrected chi connectivity index (χ2v) is 8.80. The standard InChI is InChI=1S/C16H31O.C5H9NO2.Na/c1-2-3-4-5-6-7-8-9-10-11-12-13-14-15-16-17;7-5(8)4-2-1-3-6-4;/h2-15H2,1H3;4,6H,1-3H2,(H,7,8);/t;4-;/m.0./s1. The van der Waals surface area contributed by atoms with Crippen molar-refractivity contribution in [2.45, 2.75) is 116 Å². The van der Waals surface area contributed by atoms with Gasteiger partial charge in [0.1, 0.15) is 6.04 Å². The van der Waals surface area contributed by atoms with Gasteiger partial charge in [0.2, 0.25) is 0 Å². The Bertz CT molecular complexity index is 344. The van der Waals surface area contributed by atoms with E-state index in [0.717, 1.165) is 60.2 Å². The van der Waals surface area contributed by atoms with Crippen molar-refractivity contribution in [2.75, 3.05) is 6.54 Å². The molecule has 5 heteroatoms. The Morgan fingerprint density at radius 2 is 1.35 bits per heavy atom. The second kappa shape index (κ2) is 19.9. The largest absolute Gasteiger partial charge is 0.480 e. The molecule has 4 nitrogen and oxygen atoms in total. The molecule has 1 saturated heterocycles. The van der Waals surface area contributed by atoms with Crippen molar-refractivity contribution in [3.63, 3.8) is 0 Å². The Morgan fingerprint density at radius 1 is 0.885 bits per heavy atom. The Labute approximate surface area is 178 Å². The van der Waals surface area contributed by atoms with E-state index in [1.165, 1.54) is 77.0 Å². The monoisotopic (exact) mass is 377 g/mol. The molecule has 1 fully saturated rings. The molecule has 0 spiro atoms. The van der Waals surface area contributed by atoms with Gasteiger partial charge in [-0.05, 0) is 19.4 Å². The van der Waals surface area contributed by atoms with Gasteiger partial charge < -0.3 is 10.4 Å². The zero-order valence-electron chi connectivity index (χ0n) is 17.4. The van der Waals surface area contributed by atoms with Crippen LogP contribution in [0.1, 0.15) is 110 Å². The van der Waals surface area contributed by atoms with Crippen molar-refractivity contribution in [2.24, 2.45) is 0 Å². The zero-order valence-corrected chi connectivity index (χ0v) is 19.4. The average molecular weight is 378 g/mol. The van der Waals surface area contributed by atoms with Gasteiger partial charge in [-0.15, -0.1) is 0 Å². The number of rotatable bonds is 15. The van der Waals surface area contributed by atoms with Gasteiger partial charge in [0.25, 0.3) is 0 Å². The molecular formula is C21H40NNaO3. The molecule has 148 valence electrons. The maximum absolute atomic E-state index is 10.8. The summed E-state index contributed by atoms with van der Waals surface area (Å²) in [7, 11) is 0. The van der Waals surface area contributed by atoms with Crippen molar-refractivity contribution in [3.05, 3.63) is 0 Å². The maximum Gasteiger partial charge on any atom is 0.320 e. The van der Waals surface area contributed by atoms with Gasteiger partial charge in [0.15, 0.2) is 0 Å². The number of carboxylic acids is 1. The van der Waals surface area contributed by atoms with Gasteiger partial charge in [0.05, 0.1) is 0 Å². The molecule has 0 aromatic carbocycles. The predicted octanol–water partition coefficient (Wildman–Crippen LogP) is 4.99. The van der Waals surface area contributed by atoms with Crippen LogP contribution in [0.3, 0.4) is 0 Å². The molecule has 1 atom stereocenters. The summed E-state index contributed by atoms with van der Waals surface area (Å²) in [6.45, 7) is 3.13. The molecule has 26 heavy (non-hydrogen) atoms. The number of unbranched alkanes of at least 4 members (excludes halogenated alkanes) is 12. The van der Waals surface area contributed by atoms with E-state index < -0.39 is 5.97 Å². The van der Waals surface area contributed by atoms with Crippen LogP contribution in [0.15, 0.2) is 0 Å². The molecule has 2 N–H and O–H groups in total. The minimum Gasteiger partial charge on any atom is -0.480 e. The van der Waals surface area contributed by atoms with Crippen molar-refractivity contribution in [3.8, 4) is 0 Å². The molecule has 0 saturated carbocycles. The van der Waals surface area contributed by atoms with Crippen LogP contribution in [0.25, 0.3) is 0 Å². The van der Waals surface area contributed by atoms with Crippen LogP contribution in [0.2, 0.25) is 0 Å². The minimum atomic E-state index is -0.720. The number of carboxylic acid groups (broad SMARTS) is 1. The Kier molecular flexibility index (Phi) is 19.9. The quantitative estimate of drug-likeness (QED) is 0.312. The van der Waals surface area contributed by atoms with Crippen LogP contribution in [-0.4, -0.2) is 54.6 Å². The molecular weight excluding hydrogens is 337 g/mol. The van der Waals surface area contributed by atoms with E-state index in [1.54, 1.807) is 0 Å². The van der Waals surface area contributed by atoms with Crippen LogP contribution >= 0.6 is 0 Å². The van der Waals surface area contributed by atoms with Gasteiger partial charge in [-0.1, -0.05) is 26.2 Å².